The van der Waals surface area contributed by atoms with Gasteiger partial charge in [0.25, 0.3) is 0 Å². The topological polar surface area (TPSA) is 46.5 Å². The van der Waals surface area contributed by atoms with Gasteiger partial charge in [-0.3, -0.25) is 4.57 Å². The second-order valence-corrected chi connectivity index (χ2v) is 5.53. The van der Waals surface area contributed by atoms with Gasteiger partial charge in [-0.1, -0.05) is 19.1 Å². The van der Waals surface area contributed by atoms with Crippen LogP contribution in [0.2, 0.25) is 0 Å². The van der Waals surface area contributed by atoms with Crippen LogP contribution in [0.5, 0.6) is 0 Å². The first-order valence-electron chi connectivity index (χ1n) is 4.77. The van der Waals surface area contributed by atoms with Gasteiger partial charge in [-0.25, -0.2) is 0 Å². The molecule has 0 aromatic rings. The van der Waals surface area contributed by atoms with Gasteiger partial charge >= 0.3 is 7.60 Å². The Morgan fingerprint density at radius 1 is 1.69 bits per heavy atom. The third kappa shape index (κ3) is 4.08. The van der Waals surface area contributed by atoms with E-state index in [2.05, 4.69) is 12.2 Å². The molecule has 2 unspecified atom stereocenters. The molecule has 0 amide bonds. The van der Waals surface area contributed by atoms with E-state index < -0.39 is 7.60 Å². The Bertz CT molecular complexity index is 225. The highest BCUT2D eigenvalue weighted by Gasteiger charge is 2.18. The highest BCUT2D eigenvalue weighted by Crippen LogP contribution is 2.41. The fourth-order valence-electron chi connectivity index (χ4n) is 1.33. The smallest absolute Gasteiger partial charge is 0.324 e. The predicted octanol–water partition coefficient (Wildman–Crippen LogP) is 2.56. The zero-order valence-electron chi connectivity index (χ0n) is 7.98. The van der Waals surface area contributed by atoms with Gasteiger partial charge in [0.05, 0.1) is 6.61 Å². The standard InChI is InChI=1S/C9H17O3P/c1-2-13(10,11)12-8-9-6-4-3-5-7-9/h4,6,9H,2-3,5,7-8H2,1H3,(H,10,11). The first kappa shape index (κ1) is 11.0. The molecule has 0 heterocycles. The molecule has 0 bridgehead atoms. The Kier molecular flexibility index (Phi) is 4.17. The molecule has 0 saturated heterocycles. The van der Waals surface area contributed by atoms with Crippen LogP contribution in [0.25, 0.3) is 0 Å². The van der Waals surface area contributed by atoms with Crippen LogP contribution in [0.3, 0.4) is 0 Å². The summed E-state index contributed by atoms with van der Waals surface area (Å²) in [4.78, 5) is 9.16. The molecular formula is C9H17O3P. The largest absolute Gasteiger partial charge is 0.327 e. The Balaban J connectivity index is 2.29. The van der Waals surface area contributed by atoms with Crippen molar-refractivity contribution in [3.63, 3.8) is 0 Å². The summed E-state index contributed by atoms with van der Waals surface area (Å²) in [6.45, 7) is 2.05. The molecule has 0 aromatic heterocycles. The normalized spacial score (nSPS) is 27.1. The molecule has 1 aliphatic rings. The Labute approximate surface area is 79.3 Å². The molecule has 0 aromatic carbocycles. The highest BCUT2D eigenvalue weighted by atomic mass is 31.2. The zero-order chi connectivity index (χ0) is 9.73. The maximum atomic E-state index is 11.1. The average molecular weight is 204 g/mol. The lowest BCUT2D eigenvalue weighted by Crippen LogP contribution is -2.08. The lowest BCUT2D eigenvalue weighted by atomic mass is 9.97. The summed E-state index contributed by atoms with van der Waals surface area (Å²) in [5.74, 6) is 0.334. The van der Waals surface area contributed by atoms with Crippen LogP contribution in [0.15, 0.2) is 12.2 Å². The number of hydrogen-bond donors (Lipinski definition) is 1. The van der Waals surface area contributed by atoms with Gasteiger partial charge in [0.1, 0.15) is 0 Å². The van der Waals surface area contributed by atoms with Gasteiger partial charge in [0.15, 0.2) is 0 Å². The van der Waals surface area contributed by atoms with E-state index in [0.29, 0.717) is 12.5 Å². The van der Waals surface area contributed by atoms with E-state index in [0.717, 1.165) is 19.3 Å². The summed E-state index contributed by atoms with van der Waals surface area (Å²) in [5.41, 5.74) is 0. The second kappa shape index (κ2) is 4.94. The lowest BCUT2D eigenvalue weighted by molar-refractivity contribution is 0.226. The van der Waals surface area contributed by atoms with E-state index >= 15 is 0 Å². The molecule has 1 aliphatic carbocycles. The molecule has 3 nitrogen and oxygen atoms in total. The monoisotopic (exact) mass is 204 g/mol. The van der Waals surface area contributed by atoms with Crippen molar-refractivity contribution in [3.8, 4) is 0 Å². The summed E-state index contributed by atoms with van der Waals surface area (Å²) >= 11 is 0. The molecule has 1 rings (SSSR count). The second-order valence-electron chi connectivity index (χ2n) is 3.37. The summed E-state index contributed by atoms with van der Waals surface area (Å²) < 4.78 is 16.1. The average Bonchev–Trinajstić information content (AvgIpc) is 2.17. The van der Waals surface area contributed by atoms with Gasteiger partial charge in [0.2, 0.25) is 0 Å². The van der Waals surface area contributed by atoms with Gasteiger partial charge < -0.3 is 9.42 Å². The SMILES string of the molecule is CCP(=O)(O)OCC1C=CCCC1. The first-order chi connectivity index (χ1) is 6.14. The predicted molar refractivity (Wildman–Crippen MR) is 52.8 cm³/mol. The Morgan fingerprint density at radius 2 is 2.46 bits per heavy atom. The van der Waals surface area contributed by atoms with E-state index in [1.165, 1.54) is 0 Å². The Hall–Kier alpha value is -0.110. The van der Waals surface area contributed by atoms with Crippen LogP contribution in [-0.2, 0) is 9.09 Å². The van der Waals surface area contributed by atoms with Crippen LogP contribution < -0.4 is 0 Å². The van der Waals surface area contributed by atoms with E-state index in [1.54, 1.807) is 6.92 Å². The molecule has 1 N–H and O–H groups in total. The first-order valence-corrected chi connectivity index (χ1v) is 6.53. The van der Waals surface area contributed by atoms with E-state index in [9.17, 15) is 4.57 Å². The van der Waals surface area contributed by atoms with Crippen molar-refractivity contribution in [1.29, 1.82) is 0 Å². The molecule has 4 heteroatoms. The summed E-state index contributed by atoms with van der Waals surface area (Å²) in [6.07, 6.45) is 7.75. The van der Waals surface area contributed by atoms with Gasteiger partial charge in [0, 0.05) is 12.1 Å². The van der Waals surface area contributed by atoms with E-state index in [-0.39, 0.29) is 6.16 Å². The van der Waals surface area contributed by atoms with Gasteiger partial charge in [-0.15, -0.1) is 0 Å². The van der Waals surface area contributed by atoms with Crippen LogP contribution in [0, 0.1) is 5.92 Å². The highest BCUT2D eigenvalue weighted by molar-refractivity contribution is 7.52. The molecule has 0 fully saturated rings. The van der Waals surface area contributed by atoms with Crippen molar-refractivity contribution in [1.82, 2.24) is 0 Å². The van der Waals surface area contributed by atoms with Crippen LogP contribution in [0.4, 0.5) is 0 Å². The molecule has 76 valence electrons. The molecule has 13 heavy (non-hydrogen) atoms. The zero-order valence-corrected chi connectivity index (χ0v) is 8.87. The van der Waals surface area contributed by atoms with Crippen molar-refractivity contribution in [3.05, 3.63) is 12.2 Å². The fourth-order valence-corrected chi connectivity index (χ4v) is 1.93. The molecular weight excluding hydrogens is 187 g/mol. The Morgan fingerprint density at radius 3 is 3.00 bits per heavy atom. The minimum atomic E-state index is -3.27. The van der Waals surface area contributed by atoms with Crippen molar-refractivity contribution in [2.45, 2.75) is 26.2 Å². The van der Waals surface area contributed by atoms with Crippen LogP contribution in [0.1, 0.15) is 26.2 Å². The van der Waals surface area contributed by atoms with Gasteiger partial charge in [-0.2, -0.15) is 0 Å². The molecule has 2 atom stereocenters. The van der Waals surface area contributed by atoms with E-state index in [4.69, 9.17) is 9.42 Å². The van der Waals surface area contributed by atoms with Crippen LogP contribution >= 0.6 is 7.60 Å². The number of allylic oxidation sites excluding steroid dienone is 1. The third-order valence-corrected chi connectivity index (χ3v) is 3.60. The van der Waals surface area contributed by atoms with Crippen molar-refractivity contribution >= 4 is 7.60 Å². The van der Waals surface area contributed by atoms with E-state index in [1.807, 2.05) is 0 Å². The number of rotatable bonds is 4. The summed E-state index contributed by atoms with van der Waals surface area (Å²) in [6, 6.07) is 0. The van der Waals surface area contributed by atoms with Gasteiger partial charge in [-0.05, 0) is 19.3 Å². The third-order valence-electron chi connectivity index (χ3n) is 2.24. The minimum Gasteiger partial charge on any atom is -0.324 e. The molecule has 0 saturated carbocycles. The maximum absolute atomic E-state index is 11.1. The van der Waals surface area contributed by atoms with Crippen molar-refractivity contribution < 1.29 is 14.0 Å². The van der Waals surface area contributed by atoms with Crippen LogP contribution in [-0.4, -0.2) is 17.7 Å². The van der Waals surface area contributed by atoms with Crippen molar-refractivity contribution in [2.75, 3.05) is 12.8 Å². The maximum Gasteiger partial charge on any atom is 0.327 e. The molecule has 0 aliphatic heterocycles. The lowest BCUT2D eigenvalue weighted by Gasteiger charge is -2.17. The minimum absolute atomic E-state index is 0.198. The summed E-state index contributed by atoms with van der Waals surface area (Å²) in [7, 11) is -3.27. The summed E-state index contributed by atoms with van der Waals surface area (Å²) in [5, 5.41) is 0. The molecule has 0 spiro atoms. The quantitative estimate of drug-likeness (QED) is 0.565. The van der Waals surface area contributed by atoms with Crippen molar-refractivity contribution in [2.24, 2.45) is 5.92 Å². The molecule has 0 radical (unpaired) electrons. The number of hydrogen-bond acceptors (Lipinski definition) is 2. The fraction of sp³-hybridized carbons (Fsp3) is 0.778.